The van der Waals surface area contributed by atoms with Crippen LogP contribution in [0.2, 0.25) is 0 Å². The van der Waals surface area contributed by atoms with Gasteiger partial charge in [-0.15, -0.1) is 0 Å². The molecule has 25 heavy (non-hydrogen) atoms. The minimum absolute atomic E-state index is 0.203. The fourth-order valence-corrected chi connectivity index (χ4v) is 3.55. The van der Waals surface area contributed by atoms with Crippen LogP contribution in [0.15, 0.2) is 24.3 Å². The van der Waals surface area contributed by atoms with Gasteiger partial charge in [-0.2, -0.15) is 0 Å². The van der Waals surface area contributed by atoms with Crippen LogP contribution in [0.1, 0.15) is 63.4 Å². The quantitative estimate of drug-likeness (QED) is 0.535. The van der Waals surface area contributed by atoms with Crippen molar-refractivity contribution in [3.63, 3.8) is 0 Å². The highest BCUT2D eigenvalue weighted by atomic mass is 16.5. The van der Waals surface area contributed by atoms with Crippen molar-refractivity contribution in [3.8, 4) is 5.75 Å². The van der Waals surface area contributed by atoms with Gasteiger partial charge in [0.25, 0.3) is 0 Å². The minimum atomic E-state index is -0.895. The van der Waals surface area contributed by atoms with Crippen LogP contribution in [0.3, 0.4) is 0 Å². The molecule has 0 amide bonds. The van der Waals surface area contributed by atoms with Crippen molar-refractivity contribution in [1.29, 1.82) is 0 Å². The normalized spacial score (nSPS) is 16.1. The zero-order valence-electron chi connectivity index (χ0n) is 15.5. The van der Waals surface area contributed by atoms with Gasteiger partial charge in [0, 0.05) is 0 Å². The number of aliphatic hydroxyl groups excluding tert-OH is 2. The Bertz CT molecular complexity index is 465. The van der Waals surface area contributed by atoms with Gasteiger partial charge in [-0.1, -0.05) is 50.7 Å². The second-order valence-electron chi connectivity index (χ2n) is 7.67. The second kappa shape index (κ2) is 10.8. The molecule has 1 aliphatic rings. The fraction of sp³-hybridized carbons (Fsp3) is 0.714. The Morgan fingerprint density at radius 2 is 1.68 bits per heavy atom. The lowest BCUT2D eigenvalue weighted by Crippen LogP contribution is -2.47. The van der Waals surface area contributed by atoms with Gasteiger partial charge in [0.05, 0.1) is 25.4 Å². The summed E-state index contributed by atoms with van der Waals surface area (Å²) in [4.78, 5) is 0. The van der Waals surface area contributed by atoms with Crippen molar-refractivity contribution < 1.29 is 14.9 Å². The lowest BCUT2D eigenvalue weighted by Gasteiger charge is -2.24. The van der Waals surface area contributed by atoms with Crippen molar-refractivity contribution in [1.82, 2.24) is 0 Å². The molecule has 0 heterocycles. The summed E-state index contributed by atoms with van der Waals surface area (Å²) in [5, 5.41) is 18.5. The lowest BCUT2D eigenvalue weighted by atomic mass is 9.86. The zero-order chi connectivity index (χ0) is 18.0. The van der Waals surface area contributed by atoms with E-state index in [-0.39, 0.29) is 13.2 Å². The van der Waals surface area contributed by atoms with Crippen molar-refractivity contribution in [2.45, 2.75) is 69.7 Å². The van der Waals surface area contributed by atoms with Crippen molar-refractivity contribution in [3.05, 3.63) is 29.8 Å². The number of nitrogens with two attached hydrogens (primary N) is 1. The maximum atomic E-state index is 9.23. The molecule has 0 aliphatic heterocycles. The summed E-state index contributed by atoms with van der Waals surface area (Å²) in [5.74, 6) is 1.87. The fourth-order valence-electron chi connectivity index (χ4n) is 3.55. The predicted molar refractivity (Wildman–Crippen MR) is 102 cm³/mol. The number of hydrogen-bond donors (Lipinski definition) is 3. The third-order valence-electron chi connectivity index (χ3n) is 5.46. The molecule has 142 valence electrons. The maximum Gasteiger partial charge on any atom is 0.119 e. The molecule has 0 spiro atoms. The molecule has 1 aromatic rings. The largest absolute Gasteiger partial charge is 0.494 e. The summed E-state index contributed by atoms with van der Waals surface area (Å²) in [6.45, 7) is 0.379. The van der Waals surface area contributed by atoms with Gasteiger partial charge in [-0.25, -0.2) is 0 Å². The van der Waals surface area contributed by atoms with E-state index in [2.05, 4.69) is 0 Å². The Kier molecular flexibility index (Phi) is 8.73. The molecule has 2 rings (SSSR count). The third kappa shape index (κ3) is 7.35. The highest BCUT2D eigenvalue weighted by Gasteiger charge is 2.22. The van der Waals surface area contributed by atoms with E-state index in [0.717, 1.165) is 36.7 Å². The molecular weight excluding hydrogens is 314 g/mol. The molecule has 0 saturated heterocycles. The Labute approximate surface area is 152 Å². The van der Waals surface area contributed by atoms with Gasteiger partial charge in [-0.3, -0.25) is 0 Å². The van der Waals surface area contributed by atoms with Gasteiger partial charge in [0.1, 0.15) is 5.75 Å². The predicted octanol–water partition coefficient (Wildman–Crippen LogP) is 3.43. The Hall–Kier alpha value is -1.10. The molecule has 0 atom stereocenters. The first-order chi connectivity index (χ1) is 12.1. The third-order valence-corrected chi connectivity index (χ3v) is 5.46. The van der Waals surface area contributed by atoms with Gasteiger partial charge in [0.2, 0.25) is 0 Å². The first-order valence-corrected chi connectivity index (χ1v) is 9.87. The summed E-state index contributed by atoms with van der Waals surface area (Å²) in [6.07, 6.45) is 12.2. The number of benzene rings is 1. The number of hydrogen-bond acceptors (Lipinski definition) is 4. The number of aliphatic hydroxyl groups is 2. The van der Waals surface area contributed by atoms with Crippen LogP contribution in [0, 0.1) is 5.92 Å². The van der Waals surface area contributed by atoms with E-state index in [4.69, 9.17) is 10.5 Å². The first kappa shape index (κ1) is 20.2. The molecule has 1 saturated carbocycles. The SMILES string of the molecule is NC(CO)(CO)CCc1ccc(OCCCCC2CCCCC2)cc1. The molecule has 0 bridgehead atoms. The van der Waals surface area contributed by atoms with Crippen LogP contribution in [0.25, 0.3) is 0 Å². The summed E-state index contributed by atoms with van der Waals surface area (Å²) < 4.78 is 5.83. The smallest absolute Gasteiger partial charge is 0.119 e. The Morgan fingerprint density at radius 3 is 2.32 bits per heavy atom. The van der Waals surface area contributed by atoms with E-state index in [1.54, 1.807) is 0 Å². The van der Waals surface area contributed by atoms with Crippen LogP contribution < -0.4 is 10.5 Å². The molecule has 4 nitrogen and oxygen atoms in total. The minimum Gasteiger partial charge on any atom is -0.494 e. The molecule has 0 radical (unpaired) electrons. The molecule has 4 N–H and O–H groups in total. The number of rotatable bonds is 11. The number of aryl methyl sites for hydroxylation is 1. The van der Waals surface area contributed by atoms with Gasteiger partial charge in [0.15, 0.2) is 0 Å². The summed E-state index contributed by atoms with van der Waals surface area (Å²) in [6, 6.07) is 8.05. The summed E-state index contributed by atoms with van der Waals surface area (Å²) in [7, 11) is 0. The average Bonchev–Trinajstić information content (AvgIpc) is 2.67. The average molecular weight is 350 g/mol. The standard InChI is InChI=1S/C21H35NO3/c22-21(16-23,17-24)14-13-19-9-11-20(12-10-19)25-15-5-4-8-18-6-2-1-3-7-18/h9-12,18,23-24H,1-8,13-17,22H2. The molecule has 1 aliphatic carbocycles. The maximum absolute atomic E-state index is 9.23. The molecule has 1 fully saturated rings. The van der Waals surface area contributed by atoms with Crippen molar-refractivity contribution >= 4 is 0 Å². The number of ether oxygens (including phenoxy) is 1. The summed E-state index contributed by atoms with van der Waals surface area (Å²) in [5.41, 5.74) is 6.14. The van der Waals surface area contributed by atoms with Crippen LogP contribution >= 0.6 is 0 Å². The van der Waals surface area contributed by atoms with Crippen LogP contribution in [0.4, 0.5) is 0 Å². The topological polar surface area (TPSA) is 75.7 Å². The van der Waals surface area contributed by atoms with E-state index in [1.165, 1.54) is 44.9 Å². The molecule has 4 heteroatoms. The van der Waals surface area contributed by atoms with E-state index in [0.29, 0.717) is 6.42 Å². The highest BCUT2D eigenvalue weighted by molar-refractivity contribution is 5.27. The molecular formula is C21H35NO3. The van der Waals surface area contributed by atoms with Crippen molar-refractivity contribution in [2.24, 2.45) is 11.7 Å². The molecule has 1 aromatic carbocycles. The monoisotopic (exact) mass is 349 g/mol. The van der Waals surface area contributed by atoms with Gasteiger partial charge < -0.3 is 20.7 Å². The van der Waals surface area contributed by atoms with Gasteiger partial charge in [-0.05, 0) is 49.3 Å². The molecule has 0 unspecified atom stereocenters. The number of unbranched alkanes of at least 4 members (excludes halogenated alkanes) is 1. The van der Waals surface area contributed by atoms with E-state index >= 15 is 0 Å². The van der Waals surface area contributed by atoms with E-state index < -0.39 is 5.54 Å². The summed E-state index contributed by atoms with van der Waals surface area (Å²) >= 11 is 0. The Morgan fingerprint density at radius 1 is 1.00 bits per heavy atom. The van der Waals surface area contributed by atoms with Crippen LogP contribution in [0.5, 0.6) is 5.75 Å². The highest BCUT2D eigenvalue weighted by Crippen LogP contribution is 2.27. The Balaban J connectivity index is 1.61. The van der Waals surface area contributed by atoms with Crippen molar-refractivity contribution in [2.75, 3.05) is 19.8 Å². The first-order valence-electron chi connectivity index (χ1n) is 9.87. The molecule has 0 aromatic heterocycles. The zero-order valence-corrected chi connectivity index (χ0v) is 15.5. The van der Waals surface area contributed by atoms with Gasteiger partial charge >= 0.3 is 0 Å². The van der Waals surface area contributed by atoms with E-state index in [9.17, 15) is 10.2 Å². The second-order valence-corrected chi connectivity index (χ2v) is 7.67. The van der Waals surface area contributed by atoms with Crippen LogP contribution in [-0.2, 0) is 6.42 Å². The lowest BCUT2D eigenvalue weighted by molar-refractivity contribution is 0.115. The van der Waals surface area contributed by atoms with E-state index in [1.807, 2.05) is 24.3 Å². The van der Waals surface area contributed by atoms with Crippen LogP contribution in [-0.4, -0.2) is 35.6 Å².